The van der Waals surface area contributed by atoms with Crippen LogP contribution in [-0.2, 0) is 27.7 Å². The van der Waals surface area contributed by atoms with Gasteiger partial charge in [0.05, 0.1) is 43.4 Å². The Bertz CT molecular complexity index is 2780. The van der Waals surface area contributed by atoms with Crippen molar-refractivity contribution < 1.29 is 40.4 Å². The third-order valence-corrected chi connectivity index (χ3v) is 10.4. The molecule has 9 heteroatoms. The number of ether oxygens (including phenoxy) is 3. The fraction of sp³-hybridized carbons (Fsp3) is 0.0800. The molecule has 0 amide bonds. The second-order valence-corrected chi connectivity index (χ2v) is 13.6. The second-order valence-electron chi connectivity index (χ2n) is 13.6. The van der Waals surface area contributed by atoms with E-state index in [2.05, 4.69) is 134 Å². The van der Waals surface area contributed by atoms with E-state index in [-0.39, 0.29) is 27.7 Å². The molecule has 0 saturated carbocycles. The molecule has 4 aromatic heterocycles. The first-order valence-corrected chi connectivity index (χ1v) is 18.8. The average Bonchev–Trinajstić information content (AvgIpc) is 3.82. The maximum atomic E-state index is 9.83. The molecule has 0 radical (unpaired) electrons. The molecule has 292 valence electrons. The molecule has 0 aliphatic heterocycles. The van der Waals surface area contributed by atoms with Crippen molar-refractivity contribution in [3.05, 3.63) is 176 Å². The Hall–Kier alpha value is -6.73. The monoisotopic (exact) mass is 953 g/mol. The number of para-hydroxylation sites is 4. The minimum Gasteiger partial charge on any atom is -0.540 e. The summed E-state index contributed by atoms with van der Waals surface area (Å²) in [6.07, 6.45) is 3.62. The first-order chi connectivity index (χ1) is 28.6. The van der Waals surface area contributed by atoms with Crippen LogP contribution >= 0.6 is 0 Å². The fourth-order valence-electron chi connectivity index (χ4n) is 7.73. The van der Waals surface area contributed by atoms with Crippen molar-refractivity contribution in [2.24, 2.45) is 0 Å². The Morgan fingerprint density at radius 2 is 0.915 bits per heavy atom. The largest absolute Gasteiger partial charge is 2.00 e. The van der Waals surface area contributed by atoms with Crippen LogP contribution in [-0.4, -0.2) is 45.5 Å². The van der Waals surface area contributed by atoms with Crippen molar-refractivity contribution >= 4 is 43.6 Å². The van der Waals surface area contributed by atoms with Crippen LogP contribution in [0.25, 0.3) is 77.5 Å². The van der Waals surface area contributed by atoms with E-state index in [4.69, 9.17) is 14.2 Å². The Labute approximate surface area is 356 Å². The van der Waals surface area contributed by atoms with Gasteiger partial charge >= 0.3 is 21.1 Å². The van der Waals surface area contributed by atoms with Gasteiger partial charge in [-0.15, -0.1) is 29.8 Å². The van der Waals surface area contributed by atoms with E-state index >= 15 is 0 Å². The molecule has 4 heterocycles. The van der Waals surface area contributed by atoms with Crippen molar-refractivity contribution in [2.45, 2.75) is 6.61 Å². The van der Waals surface area contributed by atoms with Crippen LogP contribution in [0.3, 0.4) is 0 Å². The number of aliphatic hydroxyl groups is 1. The Balaban J connectivity index is 0.000000161. The van der Waals surface area contributed by atoms with Gasteiger partial charge in [0, 0.05) is 69.2 Å². The zero-order valence-electron chi connectivity index (χ0n) is 32.5. The van der Waals surface area contributed by atoms with Crippen LogP contribution in [0.4, 0.5) is 0 Å². The Morgan fingerprint density at radius 3 is 1.34 bits per heavy atom. The molecule has 0 unspecified atom stereocenters. The summed E-state index contributed by atoms with van der Waals surface area (Å²) in [6.45, 7) is -0.107. The number of hydrogen-bond donors (Lipinski definition) is 1. The van der Waals surface area contributed by atoms with Crippen molar-refractivity contribution in [1.82, 2.24) is 19.1 Å². The van der Waals surface area contributed by atoms with Crippen LogP contribution in [0.2, 0.25) is 0 Å². The first kappa shape index (κ1) is 39.1. The minimum absolute atomic E-state index is 0. The van der Waals surface area contributed by atoms with Gasteiger partial charge in [-0.3, -0.25) is 0 Å². The van der Waals surface area contributed by atoms with Crippen molar-refractivity contribution in [1.29, 1.82) is 0 Å². The predicted octanol–water partition coefficient (Wildman–Crippen LogP) is 10.8. The van der Waals surface area contributed by atoms with E-state index in [1.165, 1.54) is 21.5 Å². The summed E-state index contributed by atoms with van der Waals surface area (Å²) in [5, 5.41) is 14.7. The van der Waals surface area contributed by atoms with E-state index in [0.717, 1.165) is 61.5 Å². The number of nitrogens with zero attached hydrogens (tertiary/aromatic N) is 4. The number of aliphatic hydroxyl groups excluding tert-OH is 1. The molecule has 1 N–H and O–H groups in total. The maximum absolute atomic E-state index is 9.83. The van der Waals surface area contributed by atoms with Crippen LogP contribution in [0.1, 0.15) is 5.56 Å². The Morgan fingerprint density at radius 1 is 0.508 bits per heavy atom. The molecule has 8 nitrogen and oxygen atoms in total. The number of rotatable bonds is 8. The summed E-state index contributed by atoms with van der Waals surface area (Å²) in [5.74, 6) is 2.04. The molecule has 0 aliphatic carbocycles. The smallest absolute Gasteiger partial charge is 0.540 e. The summed E-state index contributed by atoms with van der Waals surface area (Å²) in [4.78, 5) is 9.13. The molecule has 0 bridgehead atoms. The van der Waals surface area contributed by atoms with Gasteiger partial charge in [-0.1, -0.05) is 108 Å². The van der Waals surface area contributed by atoms with E-state index in [9.17, 15) is 5.11 Å². The van der Waals surface area contributed by atoms with Gasteiger partial charge in [0.1, 0.15) is 0 Å². The molecule has 0 atom stereocenters. The molecule has 59 heavy (non-hydrogen) atoms. The van der Waals surface area contributed by atoms with E-state index < -0.39 is 0 Å². The van der Waals surface area contributed by atoms with Crippen molar-refractivity contribution in [3.8, 4) is 51.1 Å². The van der Waals surface area contributed by atoms with Crippen LogP contribution in [0, 0.1) is 12.1 Å². The van der Waals surface area contributed by atoms with Crippen molar-refractivity contribution in [3.63, 3.8) is 0 Å². The average molecular weight is 954 g/mol. The van der Waals surface area contributed by atoms with Gasteiger partial charge in [-0.2, -0.15) is 0 Å². The van der Waals surface area contributed by atoms with Crippen molar-refractivity contribution in [2.75, 3.05) is 21.3 Å². The zero-order valence-corrected chi connectivity index (χ0v) is 34.8. The predicted molar refractivity (Wildman–Crippen MR) is 231 cm³/mol. The second kappa shape index (κ2) is 17.0. The molecule has 6 aromatic carbocycles. The maximum Gasteiger partial charge on any atom is 2.00 e. The van der Waals surface area contributed by atoms with Gasteiger partial charge in [0.15, 0.2) is 0 Å². The summed E-state index contributed by atoms with van der Waals surface area (Å²) in [6, 6.07) is 55.6. The van der Waals surface area contributed by atoms with Gasteiger partial charge in [-0.05, 0) is 47.8 Å². The normalized spacial score (nSPS) is 11.0. The van der Waals surface area contributed by atoms with E-state index in [1.807, 2.05) is 36.5 Å². The number of hydrogen-bond acceptors (Lipinski definition) is 6. The van der Waals surface area contributed by atoms with Gasteiger partial charge in [0.2, 0.25) is 0 Å². The fourth-order valence-corrected chi connectivity index (χ4v) is 7.73. The third-order valence-electron chi connectivity index (χ3n) is 10.4. The molecule has 0 fully saturated rings. The molecular formula is C50H38N4O4Pt. The van der Waals surface area contributed by atoms with Gasteiger partial charge < -0.3 is 38.4 Å². The zero-order chi connectivity index (χ0) is 39.6. The summed E-state index contributed by atoms with van der Waals surface area (Å²) < 4.78 is 20.6. The standard InChI is InChI=1S/2C25H19N2O2.Pt/c1-28-18-11-12-21(25(16-18)29-2)22-15-17(13-14-26-22)27-23-9-5-3-7-19(23)20-8-4-6-10-24(20)27;1-29-19-10-11-20(17(14-19)16-28)23-15-18(12-13-26-23)27-24-8-4-2-6-21(24)22-7-3-5-9-25(22)27;/h3-11,13-16H,1-2H3;2-10,12-15,28H,16H2,1H3;/q2*-1;+2. The number of fused-ring (bicyclic) bond motifs is 6. The quantitative estimate of drug-likeness (QED) is 0.153. The van der Waals surface area contributed by atoms with E-state index in [1.54, 1.807) is 39.7 Å². The number of pyridine rings is 2. The number of aromatic nitrogens is 4. The summed E-state index contributed by atoms with van der Waals surface area (Å²) >= 11 is 0. The number of methoxy groups -OCH3 is 3. The molecule has 0 spiro atoms. The molecule has 0 saturated heterocycles. The summed E-state index contributed by atoms with van der Waals surface area (Å²) in [7, 11) is 4.87. The third kappa shape index (κ3) is 7.22. The van der Waals surface area contributed by atoms with E-state index in [0.29, 0.717) is 17.2 Å². The number of benzene rings is 6. The first-order valence-electron chi connectivity index (χ1n) is 18.8. The van der Waals surface area contributed by atoms with Gasteiger partial charge in [-0.25, -0.2) is 0 Å². The molecular weight excluding hydrogens is 916 g/mol. The topological polar surface area (TPSA) is 83.6 Å². The van der Waals surface area contributed by atoms with Crippen LogP contribution in [0.5, 0.6) is 17.2 Å². The van der Waals surface area contributed by atoms with Gasteiger partial charge in [0.25, 0.3) is 0 Å². The summed E-state index contributed by atoms with van der Waals surface area (Å²) in [5.41, 5.74) is 10.5. The minimum atomic E-state index is -0.107. The Kier molecular flexibility index (Phi) is 11.3. The molecule has 10 rings (SSSR count). The molecule has 0 aliphatic rings. The van der Waals surface area contributed by atoms with Crippen LogP contribution < -0.4 is 14.2 Å². The van der Waals surface area contributed by atoms with Crippen LogP contribution in [0.15, 0.2) is 158 Å². The molecule has 10 aromatic rings. The SMILES string of the molecule is COc1c[c-]c(-c2cc(-n3c4ccccc4c4ccccc43)ccn2)c(CO)c1.COc1c[c-]c(-c2cc(-n3c4ccccc4c4ccccc43)ccn2)c(OC)c1.[Pt+2].